The van der Waals surface area contributed by atoms with E-state index in [1.54, 1.807) is 62.5 Å². The first-order valence-corrected chi connectivity index (χ1v) is 9.95. The zero-order valence-corrected chi connectivity index (χ0v) is 18.3. The van der Waals surface area contributed by atoms with Gasteiger partial charge in [0.2, 0.25) is 5.75 Å². The van der Waals surface area contributed by atoms with Crippen LogP contribution >= 0.6 is 0 Å². The van der Waals surface area contributed by atoms with E-state index < -0.39 is 5.97 Å². The first kappa shape index (κ1) is 21.7. The Morgan fingerprint density at radius 1 is 1.06 bits per heavy atom. The van der Waals surface area contributed by atoms with Crippen molar-refractivity contribution in [2.75, 3.05) is 26.6 Å². The fourth-order valence-electron chi connectivity index (χ4n) is 3.42. The summed E-state index contributed by atoms with van der Waals surface area (Å²) in [5, 5.41) is 16.5. The number of methoxy groups -OCH3 is 3. The zero-order valence-electron chi connectivity index (χ0n) is 18.3. The van der Waals surface area contributed by atoms with E-state index >= 15 is 0 Å². The summed E-state index contributed by atoms with van der Waals surface area (Å²) in [6.07, 6.45) is 6.18. The predicted octanol–water partition coefficient (Wildman–Crippen LogP) is 4.26. The number of rotatable bonds is 8. The van der Waals surface area contributed by atoms with Crippen LogP contribution < -0.4 is 19.5 Å². The zero-order chi connectivity index (χ0) is 23.4. The first-order valence-electron chi connectivity index (χ1n) is 9.95. The molecule has 2 aromatic carbocycles. The van der Waals surface area contributed by atoms with Gasteiger partial charge in [0.1, 0.15) is 5.82 Å². The molecule has 0 atom stereocenters. The average Bonchev–Trinajstić information content (AvgIpc) is 3.25. The van der Waals surface area contributed by atoms with Crippen LogP contribution in [0.2, 0.25) is 0 Å². The summed E-state index contributed by atoms with van der Waals surface area (Å²) in [5.74, 6) is 1.15. The molecule has 33 heavy (non-hydrogen) atoms. The van der Waals surface area contributed by atoms with E-state index in [0.717, 1.165) is 22.8 Å². The van der Waals surface area contributed by atoms with E-state index in [0.29, 0.717) is 34.4 Å². The second-order valence-corrected chi connectivity index (χ2v) is 6.98. The highest BCUT2D eigenvalue weighted by Crippen LogP contribution is 2.40. The van der Waals surface area contributed by atoms with Gasteiger partial charge in [-0.3, -0.25) is 0 Å². The molecule has 0 saturated heterocycles. The van der Waals surface area contributed by atoms with E-state index in [2.05, 4.69) is 10.4 Å². The van der Waals surface area contributed by atoms with E-state index in [-0.39, 0.29) is 0 Å². The van der Waals surface area contributed by atoms with Gasteiger partial charge in [0.15, 0.2) is 17.1 Å². The number of benzene rings is 2. The lowest BCUT2D eigenvalue weighted by molar-refractivity contribution is -0.131. The van der Waals surface area contributed by atoms with Crippen molar-refractivity contribution in [2.45, 2.75) is 0 Å². The lowest BCUT2D eigenvalue weighted by atomic mass is 10.1. The van der Waals surface area contributed by atoms with Crippen molar-refractivity contribution in [2.24, 2.45) is 0 Å². The Labute approximate surface area is 189 Å². The Morgan fingerprint density at radius 3 is 2.48 bits per heavy atom. The van der Waals surface area contributed by atoms with Crippen molar-refractivity contribution >= 4 is 29.2 Å². The SMILES string of the molecule is COc1cc(Nc2ccn3ncc(-c4cccc(/C=C/C(=O)O)c4)c3n2)cc(OC)c1OC. The molecular weight excluding hydrogens is 424 g/mol. The van der Waals surface area contributed by atoms with E-state index in [1.807, 2.05) is 24.3 Å². The smallest absolute Gasteiger partial charge is 0.328 e. The second-order valence-electron chi connectivity index (χ2n) is 6.98. The number of carbonyl (C=O) groups is 1. The number of aromatic nitrogens is 3. The quantitative estimate of drug-likeness (QED) is 0.387. The van der Waals surface area contributed by atoms with Gasteiger partial charge in [-0.05, 0) is 29.3 Å². The number of fused-ring (bicyclic) bond motifs is 1. The summed E-state index contributed by atoms with van der Waals surface area (Å²) in [6, 6.07) is 12.9. The van der Waals surface area contributed by atoms with Gasteiger partial charge >= 0.3 is 5.97 Å². The van der Waals surface area contributed by atoms with Gasteiger partial charge in [-0.2, -0.15) is 5.10 Å². The molecule has 9 nitrogen and oxygen atoms in total. The summed E-state index contributed by atoms with van der Waals surface area (Å²) in [5.41, 5.74) is 3.81. The van der Waals surface area contributed by atoms with Crippen molar-refractivity contribution in [3.8, 4) is 28.4 Å². The van der Waals surface area contributed by atoms with Gasteiger partial charge in [-0.15, -0.1) is 0 Å². The van der Waals surface area contributed by atoms with Gasteiger partial charge in [-0.25, -0.2) is 14.3 Å². The van der Waals surface area contributed by atoms with E-state index in [9.17, 15) is 4.79 Å². The molecule has 0 fully saturated rings. The van der Waals surface area contributed by atoms with Crippen LogP contribution in [0.25, 0.3) is 22.9 Å². The molecule has 0 aliphatic heterocycles. The molecule has 9 heteroatoms. The van der Waals surface area contributed by atoms with Crippen molar-refractivity contribution < 1.29 is 24.1 Å². The van der Waals surface area contributed by atoms with Crippen LogP contribution in [0.4, 0.5) is 11.5 Å². The highest BCUT2D eigenvalue weighted by Gasteiger charge is 2.14. The largest absolute Gasteiger partial charge is 0.493 e. The monoisotopic (exact) mass is 446 g/mol. The third-order valence-corrected chi connectivity index (χ3v) is 4.92. The lowest BCUT2D eigenvalue weighted by Gasteiger charge is -2.15. The minimum Gasteiger partial charge on any atom is -0.493 e. The number of carboxylic acids is 1. The minimum atomic E-state index is -0.999. The predicted molar refractivity (Wildman–Crippen MR) is 124 cm³/mol. The van der Waals surface area contributed by atoms with Gasteiger partial charge in [0, 0.05) is 35.7 Å². The molecule has 0 radical (unpaired) electrons. The van der Waals surface area contributed by atoms with Gasteiger partial charge in [0.25, 0.3) is 0 Å². The number of carboxylic acid groups (broad SMARTS) is 1. The third-order valence-electron chi connectivity index (χ3n) is 4.92. The van der Waals surface area contributed by atoms with Crippen LogP contribution in [0.15, 0.2) is 60.9 Å². The fourth-order valence-corrected chi connectivity index (χ4v) is 3.42. The summed E-state index contributed by atoms with van der Waals surface area (Å²) in [7, 11) is 4.67. The summed E-state index contributed by atoms with van der Waals surface area (Å²) < 4.78 is 17.9. The lowest BCUT2D eigenvalue weighted by Crippen LogP contribution is -2.00. The third kappa shape index (κ3) is 4.57. The standard InChI is InChI=1S/C24H22N4O5/c1-31-19-12-17(13-20(32-2)23(19)33-3)26-21-9-10-28-24(27-21)18(14-25-28)16-6-4-5-15(11-16)7-8-22(29)30/h4-14H,1-3H3,(H,26,27)(H,29,30)/b8-7+. The molecule has 0 aliphatic rings. The van der Waals surface area contributed by atoms with Crippen molar-refractivity contribution in [1.29, 1.82) is 0 Å². The van der Waals surface area contributed by atoms with Gasteiger partial charge in [-0.1, -0.05) is 18.2 Å². The number of anilines is 2. The van der Waals surface area contributed by atoms with Crippen LogP contribution in [-0.2, 0) is 4.79 Å². The number of aliphatic carboxylic acids is 1. The van der Waals surface area contributed by atoms with Crippen LogP contribution in [-0.4, -0.2) is 47.0 Å². The number of hydrogen-bond donors (Lipinski definition) is 2. The van der Waals surface area contributed by atoms with Crippen LogP contribution in [0.5, 0.6) is 17.2 Å². The van der Waals surface area contributed by atoms with Crippen LogP contribution in [0, 0.1) is 0 Å². The van der Waals surface area contributed by atoms with Gasteiger partial charge in [0.05, 0.1) is 27.5 Å². The Hall–Kier alpha value is -4.53. The minimum absolute atomic E-state index is 0.504. The molecule has 2 aromatic heterocycles. The van der Waals surface area contributed by atoms with Gasteiger partial charge < -0.3 is 24.6 Å². The molecule has 4 rings (SSSR count). The van der Waals surface area contributed by atoms with E-state index in [4.69, 9.17) is 24.3 Å². The number of nitrogens with zero attached hydrogens (tertiary/aromatic N) is 3. The molecule has 168 valence electrons. The molecule has 0 bridgehead atoms. The highest BCUT2D eigenvalue weighted by atomic mass is 16.5. The highest BCUT2D eigenvalue weighted by molar-refractivity contribution is 5.86. The Kier molecular flexibility index (Phi) is 6.12. The van der Waals surface area contributed by atoms with Crippen LogP contribution in [0.3, 0.4) is 0 Å². The number of ether oxygens (including phenoxy) is 3. The molecular formula is C24H22N4O5. The van der Waals surface area contributed by atoms with Crippen molar-refractivity contribution in [1.82, 2.24) is 14.6 Å². The molecule has 0 spiro atoms. The van der Waals surface area contributed by atoms with E-state index in [1.165, 1.54) is 0 Å². The van der Waals surface area contributed by atoms with Crippen molar-refractivity contribution in [3.63, 3.8) is 0 Å². The molecule has 0 saturated carbocycles. The summed E-state index contributed by atoms with van der Waals surface area (Å²) in [6.45, 7) is 0. The number of hydrogen-bond acceptors (Lipinski definition) is 7. The van der Waals surface area contributed by atoms with Crippen LogP contribution in [0.1, 0.15) is 5.56 Å². The normalized spacial score (nSPS) is 11.0. The summed E-state index contributed by atoms with van der Waals surface area (Å²) in [4.78, 5) is 15.6. The maximum Gasteiger partial charge on any atom is 0.328 e. The first-order chi connectivity index (χ1) is 16.0. The maximum atomic E-state index is 10.8. The maximum absolute atomic E-state index is 10.8. The molecule has 0 unspecified atom stereocenters. The molecule has 2 heterocycles. The Bertz CT molecular complexity index is 1320. The molecule has 0 amide bonds. The Morgan fingerprint density at radius 2 is 1.82 bits per heavy atom. The molecule has 2 N–H and O–H groups in total. The summed E-state index contributed by atoms with van der Waals surface area (Å²) >= 11 is 0. The molecule has 4 aromatic rings. The molecule has 0 aliphatic carbocycles. The Balaban J connectivity index is 1.70. The van der Waals surface area contributed by atoms with Crippen molar-refractivity contribution in [3.05, 3.63) is 66.5 Å². The fraction of sp³-hybridized carbons (Fsp3) is 0.125. The number of nitrogens with one attached hydrogen (secondary N) is 1. The average molecular weight is 446 g/mol. The topological polar surface area (TPSA) is 107 Å². The second kappa shape index (κ2) is 9.31.